The van der Waals surface area contributed by atoms with Crippen molar-refractivity contribution < 1.29 is 47.0 Å². The molecule has 0 spiro atoms. The van der Waals surface area contributed by atoms with Crippen molar-refractivity contribution in [3.8, 4) is 0 Å². The molecule has 1 aliphatic rings. The Kier molecular flexibility index (Phi) is 5.13. The van der Waals surface area contributed by atoms with E-state index in [4.69, 9.17) is 11.3 Å². The largest absolute Gasteiger partial charge is 0.545 e. The maximum Gasteiger partial charge on any atom is 0.167 e. The van der Waals surface area contributed by atoms with Crippen LogP contribution < -0.4 is 0 Å². The second-order valence-electron chi connectivity index (χ2n) is 1.75. The van der Waals surface area contributed by atoms with Gasteiger partial charge in [0.25, 0.3) is 0 Å². The summed E-state index contributed by atoms with van der Waals surface area (Å²) in [7, 11) is 0. The maximum atomic E-state index is 10.3. The molecule has 1 heterocycles. The fourth-order valence-corrected chi connectivity index (χ4v) is 0.387. The van der Waals surface area contributed by atoms with Crippen molar-refractivity contribution >= 4 is 5.97 Å². The van der Waals surface area contributed by atoms with Crippen LogP contribution in [0.15, 0.2) is 6.08 Å². The maximum absolute atomic E-state index is 10.3. The summed E-state index contributed by atoms with van der Waals surface area (Å²) in [5.41, 5.74) is 0. The van der Waals surface area contributed by atoms with Gasteiger partial charge < -0.3 is 14.3 Å². The van der Waals surface area contributed by atoms with Gasteiger partial charge in [-0.2, -0.15) is 6.08 Å². The zero-order valence-corrected chi connectivity index (χ0v) is 8.29. The van der Waals surface area contributed by atoms with Crippen LogP contribution in [0, 0.1) is 6.58 Å². The molecule has 1 rings (SSSR count). The van der Waals surface area contributed by atoms with Crippen molar-refractivity contribution in [2.24, 2.45) is 0 Å². The fraction of sp³-hybridized carbons (Fsp3) is 0.500. The third-order valence-electron chi connectivity index (χ3n) is 0.950. The van der Waals surface area contributed by atoms with Crippen LogP contribution in [-0.4, -0.2) is 25.3 Å². The molecule has 1 unspecified atom stereocenters. The number of epoxide rings is 1. The molecule has 1 aliphatic heterocycles. The van der Waals surface area contributed by atoms with E-state index in [1.54, 1.807) is 0 Å². The van der Waals surface area contributed by atoms with Crippen LogP contribution >= 0.6 is 0 Å². The molecule has 0 amide bonds. The number of carbonyl (C=O) groups excluding carboxylic acids is 1. The Morgan fingerprint density at radius 3 is 2.90 bits per heavy atom. The first-order chi connectivity index (χ1) is 4.33. The second kappa shape index (κ2) is 4.99. The molecular formula is C6H7O3Y-. The van der Waals surface area contributed by atoms with Gasteiger partial charge in [0.1, 0.15) is 6.10 Å². The number of esters is 1. The fourth-order valence-electron chi connectivity index (χ4n) is 0.387. The van der Waals surface area contributed by atoms with Crippen molar-refractivity contribution in [3.05, 3.63) is 12.7 Å². The quantitative estimate of drug-likeness (QED) is 0.286. The Morgan fingerprint density at radius 1 is 1.90 bits per heavy atom. The Balaban J connectivity index is 0.000000810. The number of ether oxygens (including phenoxy) is 2. The van der Waals surface area contributed by atoms with Gasteiger partial charge in [0.15, 0.2) is 5.97 Å². The van der Waals surface area contributed by atoms with Gasteiger partial charge in [-0.25, -0.2) is 0 Å². The van der Waals surface area contributed by atoms with Gasteiger partial charge in [-0.15, -0.1) is 0 Å². The Hall–Kier alpha value is 0.274. The van der Waals surface area contributed by atoms with Crippen molar-refractivity contribution in [2.75, 3.05) is 13.2 Å². The van der Waals surface area contributed by atoms with Gasteiger partial charge in [0.2, 0.25) is 0 Å². The third-order valence-corrected chi connectivity index (χ3v) is 0.950. The Labute approximate surface area is 84.6 Å². The summed E-state index contributed by atoms with van der Waals surface area (Å²) in [6, 6.07) is 0. The van der Waals surface area contributed by atoms with Gasteiger partial charge in [-0.1, -0.05) is 0 Å². The number of carbonyl (C=O) groups is 1. The van der Waals surface area contributed by atoms with E-state index in [9.17, 15) is 4.79 Å². The molecule has 0 N–H and O–H groups in total. The van der Waals surface area contributed by atoms with E-state index >= 15 is 0 Å². The summed E-state index contributed by atoms with van der Waals surface area (Å²) in [4.78, 5) is 10.3. The zero-order chi connectivity index (χ0) is 6.69. The molecule has 53 valence electrons. The van der Waals surface area contributed by atoms with Crippen molar-refractivity contribution in [1.82, 2.24) is 0 Å². The molecule has 1 fully saturated rings. The minimum Gasteiger partial charge on any atom is -0.545 e. The van der Waals surface area contributed by atoms with Crippen LogP contribution in [0.3, 0.4) is 0 Å². The van der Waals surface area contributed by atoms with E-state index in [-0.39, 0.29) is 38.8 Å². The van der Waals surface area contributed by atoms with Crippen molar-refractivity contribution in [3.63, 3.8) is 0 Å². The van der Waals surface area contributed by atoms with E-state index in [0.717, 1.165) is 6.08 Å². The Morgan fingerprint density at radius 2 is 2.50 bits per heavy atom. The van der Waals surface area contributed by atoms with Crippen molar-refractivity contribution in [1.29, 1.82) is 0 Å². The van der Waals surface area contributed by atoms with Gasteiger partial charge in [0, 0.05) is 32.7 Å². The molecule has 10 heavy (non-hydrogen) atoms. The van der Waals surface area contributed by atoms with Crippen LogP contribution in [0.5, 0.6) is 0 Å². The SMILES string of the molecule is [CH-]=CC(=O)OCC1CO1.[Y]. The standard InChI is InChI=1S/C6H7O3.Y/c1-2-6(7)9-4-5-3-8-5;/h1-2,5H,3-4H2;/q-1;. The van der Waals surface area contributed by atoms with E-state index in [1.807, 2.05) is 0 Å². The number of hydrogen-bond acceptors (Lipinski definition) is 3. The smallest absolute Gasteiger partial charge is 0.167 e. The number of rotatable bonds is 3. The van der Waals surface area contributed by atoms with Crippen molar-refractivity contribution in [2.45, 2.75) is 6.10 Å². The average molecular weight is 216 g/mol. The minimum atomic E-state index is -0.495. The molecule has 0 aliphatic carbocycles. The first-order valence-electron chi connectivity index (χ1n) is 2.66. The van der Waals surface area contributed by atoms with Crippen LogP contribution in [0.2, 0.25) is 0 Å². The van der Waals surface area contributed by atoms with Gasteiger partial charge >= 0.3 is 0 Å². The molecular weight excluding hydrogens is 209 g/mol. The summed E-state index contributed by atoms with van der Waals surface area (Å²) in [5.74, 6) is -0.495. The monoisotopic (exact) mass is 216 g/mol. The van der Waals surface area contributed by atoms with Gasteiger partial charge in [-0.3, -0.25) is 6.58 Å². The minimum absolute atomic E-state index is 0. The summed E-state index contributed by atoms with van der Waals surface area (Å²) in [6.07, 6.45) is 1.01. The van der Waals surface area contributed by atoms with E-state index in [0.29, 0.717) is 13.2 Å². The predicted octanol–water partition coefficient (Wildman–Crippen LogP) is -0.0849. The van der Waals surface area contributed by atoms with E-state index in [2.05, 4.69) is 4.74 Å². The van der Waals surface area contributed by atoms with E-state index < -0.39 is 5.97 Å². The summed E-state index contributed by atoms with van der Waals surface area (Å²) in [6.45, 7) is 5.86. The predicted molar refractivity (Wildman–Crippen MR) is 29.6 cm³/mol. The molecule has 1 saturated heterocycles. The van der Waals surface area contributed by atoms with Crippen LogP contribution in [0.25, 0.3) is 0 Å². The molecule has 4 heteroatoms. The van der Waals surface area contributed by atoms with Crippen LogP contribution in [0.4, 0.5) is 0 Å². The first kappa shape index (κ1) is 10.3. The molecule has 0 aromatic heterocycles. The molecule has 1 atom stereocenters. The zero-order valence-electron chi connectivity index (χ0n) is 5.45. The number of hydrogen-bond donors (Lipinski definition) is 0. The van der Waals surface area contributed by atoms with Crippen LogP contribution in [-0.2, 0) is 47.0 Å². The van der Waals surface area contributed by atoms with Gasteiger partial charge in [-0.05, 0) is 0 Å². The Bertz CT molecular complexity index is 131. The molecule has 0 aromatic carbocycles. The molecule has 3 nitrogen and oxygen atoms in total. The molecule has 0 aromatic rings. The molecule has 1 radical (unpaired) electrons. The third kappa shape index (κ3) is 4.15. The van der Waals surface area contributed by atoms with Gasteiger partial charge in [0.05, 0.1) is 13.2 Å². The normalized spacial score (nSPS) is 20.6. The first-order valence-corrected chi connectivity index (χ1v) is 2.66. The second-order valence-corrected chi connectivity index (χ2v) is 1.75. The summed E-state index contributed by atoms with van der Waals surface area (Å²) in [5, 5.41) is 0. The summed E-state index contributed by atoms with van der Waals surface area (Å²) < 4.78 is 9.34. The summed E-state index contributed by atoms with van der Waals surface area (Å²) >= 11 is 0. The average Bonchev–Trinajstić information content (AvgIpc) is 2.65. The molecule has 0 saturated carbocycles. The topological polar surface area (TPSA) is 38.8 Å². The van der Waals surface area contributed by atoms with E-state index in [1.165, 1.54) is 0 Å². The molecule has 0 bridgehead atoms. The van der Waals surface area contributed by atoms with Crippen LogP contribution in [0.1, 0.15) is 0 Å².